The summed E-state index contributed by atoms with van der Waals surface area (Å²) in [5, 5.41) is 6.73. The molecule has 0 spiro atoms. The number of nitrogens with one attached hydrogen (secondary N) is 2. The third-order valence-corrected chi connectivity index (χ3v) is 3.70. The Hall–Kier alpha value is -1.13. The average Bonchev–Trinajstić information content (AvgIpc) is 2.82. The Bertz CT molecular complexity index is 430. The molecule has 1 amide bonds. The van der Waals surface area contributed by atoms with E-state index in [1.807, 2.05) is 0 Å². The van der Waals surface area contributed by atoms with Gasteiger partial charge in [0.25, 0.3) is 0 Å². The molecular weight excluding hydrogens is 250 g/mol. The van der Waals surface area contributed by atoms with E-state index in [4.69, 9.17) is 11.6 Å². The maximum atomic E-state index is 12.4. The third-order valence-electron chi connectivity index (χ3n) is 3.37. The lowest BCUT2D eigenvalue weighted by molar-refractivity contribution is -0.122. The maximum Gasteiger partial charge on any atom is 0.244 e. The summed E-state index contributed by atoms with van der Waals surface area (Å²) in [5.41, 5.74) is 0.141. The van der Waals surface area contributed by atoms with Gasteiger partial charge in [-0.3, -0.25) is 9.78 Å². The lowest BCUT2D eigenvalue weighted by Crippen LogP contribution is -2.50. The predicted octanol–water partition coefficient (Wildman–Crippen LogP) is 2.60. The van der Waals surface area contributed by atoms with E-state index in [1.54, 1.807) is 18.5 Å². The van der Waals surface area contributed by atoms with Gasteiger partial charge in [-0.1, -0.05) is 24.9 Å². The number of hydrogen-bond donors (Lipinski definition) is 2. The molecule has 1 fully saturated rings. The van der Waals surface area contributed by atoms with Crippen molar-refractivity contribution in [2.75, 3.05) is 11.9 Å². The van der Waals surface area contributed by atoms with Gasteiger partial charge in [0, 0.05) is 6.20 Å². The summed E-state index contributed by atoms with van der Waals surface area (Å²) in [6.07, 6.45) is 6.92. The van der Waals surface area contributed by atoms with Gasteiger partial charge in [0.1, 0.15) is 0 Å². The van der Waals surface area contributed by atoms with Gasteiger partial charge in [-0.05, 0) is 31.9 Å². The number of carbonyl (C=O) groups excluding carboxylic acids is 1. The van der Waals surface area contributed by atoms with Crippen LogP contribution in [0, 0.1) is 0 Å². The minimum atomic E-state index is -0.437. The second-order valence-electron chi connectivity index (χ2n) is 4.67. The first kappa shape index (κ1) is 13.3. The first-order valence-corrected chi connectivity index (χ1v) is 6.72. The van der Waals surface area contributed by atoms with Gasteiger partial charge >= 0.3 is 0 Å². The van der Waals surface area contributed by atoms with Gasteiger partial charge in [0.15, 0.2) is 0 Å². The van der Waals surface area contributed by atoms with Crippen molar-refractivity contribution in [3.63, 3.8) is 0 Å². The molecule has 1 aromatic heterocycles. The van der Waals surface area contributed by atoms with Crippen LogP contribution in [-0.2, 0) is 4.79 Å². The highest BCUT2D eigenvalue weighted by Gasteiger charge is 2.40. The SMILES string of the molecule is CCCC1(C(=O)Nc2cnccc2Cl)CCCN1. The van der Waals surface area contributed by atoms with E-state index in [0.717, 1.165) is 32.2 Å². The van der Waals surface area contributed by atoms with E-state index in [1.165, 1.54) is 0 Å². The van der Waals surface area contributed by atoms with Crippen LogP contribution in [0.1, 0.15) is 32.6 Å². The van der Waals surface area contributed by atoms with Crippen LogP contribution in [0.5, 0.6) is 0 Å². The monoisotopic (exact) mass is 267 g/mol. The van der Waals surface area contributed by atoms with E-state index in [-0.39, 0.29) is 5.91 Å². The molecule has 0 saturated carbocycles. The first-order chi connectivity index (χ1) is 8.68. The molecule has 2 rings (SSSR count). The summed E-state index contributed by atoms with van der Waals surface area (Å²) >= 11 is 6.02. The molecule has 1 unspecified atom stereocenters. The number of amides is 1. The van der Waals surface area contributed by atoms with Gasteiger partial charge in [0.2, 0.25) is 5.91 Å². The quantitative estimate of drug-likeness (QED) is 0.882. The average molecular weight is 268 g/mol. The fourth-order valence-corrected chi connectivity index (χ4v) is 2.62. The van der Waals surface area contributed by atoms with Gasteiger partial charge in [-0.25, -0.2) is 0 Å². The molecule has 2 heterocycles. The normalized spacial score (nSPS) is 23.0. The Morgan fingerprint density at radius 1 is 1.67 bits per heavy atom. The van der Waals surface area contributed by atoms with Gasteiger partial charge in [0.05, 0.1) is 22.4 Å². The zero-order valence-corrected chi connectivity index (χ0v) is 11.3. The van der Waals surface area contributed by atoms with Crippen molar-refractivity contribution in [2.45, 2.75) is 38.1 Å². The zero-order chi connectivity index (χ0) is 13.0. The molecule has 1 aromatic rings. The second-order valence-corrected chi connectivity index (χ2v) is 5.08. The topological polar surface area (TPSA) is 54.0 Å². The van der Waals surface area contributed by atoms with E-state index < -0.39 is 5.54 Å². The molecule has 4 nitrogen and oxygen atoms in total. The van der Waals surface area contributed by atoms with Crippen LogP contribution in [0.3, 0.4) is 0 Å². The van der Waals surface area contributed by atoms with Crippen LogP contribution in [-0.4, -0.2) is 23.0 Å². The van der Waals surface area contributed by atoms with Crippen molar-refractivity contribution in [3.8, 4) is 0 Å². The van der Waals surface area contributed by atoms with Gasteiger partial charge in [-0.2, -0.15) is 0 Å². The molecule has 5 heteroatoms. The number of halogens is 1. The Morgan fingerprint density at radius 3 is 3.11 bits per heavy atom. The largest absolute Gasteiger partial charge is 0.322 e. The number of hydrogen-bond acceptors (Lipinski definition) is 3. The molecule has 0 radical (unpaired) electrons. The van der Waals surface area contributed by atoms with Crippen molar-refractivity contribution in [1.82, 2.24) is 10.3 Å². The summed E-state index contributed by atoms with van der Waals surface area (Å²) in [7, 11) is 0. The van der Waals surface area contributed by atoms with Crippen molar-refractivity contribution >= 4 is 23.2 Å². The second kappa shape index (κ2) is 5.67. The third kappa shape index (κ3) is 2.65. The molecule has 0 aromatic carbocycles. The number of aromatic nitrogens is 1. The van der Waals surface area contributed by atoms with Crippen molar-refractivity contribution in [3.05, 3.63) is 23.5 Å². The molecule has 1 aliphatic heterocycles. The first-order valence-electron chi connectivity index (χ1n) is 6.34. The van der Waals surface area contributed by atoms with E-state index in [0.29, 0.717) is 10.7 Å². The molecule has 0 aliphatic carbocycles. The summed E-state index contributed by atoms with van der Waals surface area (Å²) in [6.45, 7) is 2.99. The Balaban J connectivity index is 2.13. The smallest absolute Gasteiger partial charge is 0.244 e. The summed E-state index contributed by atoms with van der Waals surface area (Å²) in [5.74, 6) is -0.00301. The van der Waals surface area contributed by atoms with Crippen LogP contribution in [0.15, 0.2) is 18.5 Å². The Labute approximate surface area is 112 Å². The number of carbonyl (C=O) groups is 1. The van der Waals surface area contributed by atoms with Crippen molar-refractivity contribution in [2.24, 2.45) is 0 Å². The lowest BCUT2D eigenvalue weighted by atomic mass is 9.91. The van der Waals surface area contributed by atoms with E-state index in [2.05, 4.69) is 22.5 Å². The van der Waals surface area contributed by atoms with Crippen LogP contribution in [0.2, 0.25) is 5.02 Å². The lowest BCUT2D eigenvalue weighted by Gasteiger charge is -2.27. The molecule has 1 atom stereocenters. The fraction of sp³-hybridized carbons (Fsp3) is 0.538. The molecule has 1 aliphatic rings. The van der Waals surface area contributed by atoms with Crippen LogP contribution in [0.25, 0.3) is 0 Å². The van der Waals surface area contributed by atoms with E-state index >= 15 is 0 Å². The summed E-state index contributed by atoms with van der Waals surface area (Å²) in [4.78, 5) is 16.4. The number of nitrogens with zero attached hydrogens (tertiary/aromatic N) is 1. The zero-order valence-electron chi connectivity index (χ0n) is 10.5. The minimum absolute atomic E-state index is 0.00301. The van der Waals surface area contributed by atoms with Gasteiger partial charge < -0.3 is 10.6 Å². The summed E-state index contributed by atoms with van der Waals surface area (Å²) < 4.78 is 0. The van der Waals surface area contributed by atoms with Crippen LogP contribution in [0.4, 0.5) is 5.69 Å². The maximum absolute atomic E-state index is 12.4. The highest BCUT2D eigenvalue weighted by molar-refractivity contribution is 6.33. The minimum Gasteiger partial charge on any atom is -0.322 e. The number of pyridine rings is 1. The van der Waals surface area contributed by atoms with Crippen molar-refractivity contribution in [1.29, 1.82) is 0 Å². The summed E-state index contributed by atoms with van der Waals surface area (Å²) in [6, 6.07) is 1.67. The molecular formula is C13H18ClN3O. The number of rotatable bonds is 4. The Kier molecular flexibility index (Phi) is 4.19. The molecule has 98 valence electrons. The molecule has 2 N–H and O–H groups in total. The fourth-order valence-electron chi connectivity index (χ4n) is 2.47. The molecule has 18 heavy (non-hydrogen) atoms. The van der Waals surface area contributed by atoms with Crippen molar-refractivity contribution < 1.29 is 4.79 Å². The number of anilines is 1. The highest BCUT2D eigenvalue weighted by atomic mass is 35.5. The molecule has 0 bridgehead atoms. The predicted molar refractivity (Wildman–Crippen MR) is 72.8 cm³/mol. The Morgan fingerprint density at radius 2 is 2.50 bits per heavy atom. The standard InChI is InChI=1S/C13H18ClN3O/c1-2-5-13(6-3-7-16-13)12(18)17-11-9-15-8-4-10(11)14/h4,8-9,16H,2-3,5-7H2,1H3,(H,17,18). The van der Waals surface area contributed by atoms with Crippen LogP contribution >= 0.6 is 11.6 Å². The molecule has 1 saturated heterocycles. The van der Waals surface area contributed by atoms with Gasteiger partial charge in [-0.15, -0.1) is 0 Å². The van der Waals surface area contributed by atoms with E-state index in [9.17, 15) is 4.79 Å². The van der Waals surface area contributed by atoms with Crippen LogP contribution < -0.4 is 10.6 Å². The highest BCUT2D eigenvalue weighted by Crippen LogP contribution is 2.28.